The van der Waals surface area contributed by atoms with Crippen LogP contribution in [0.15, 0.2) is 4.99 Å². The lowest BCUT2D eigenvalue weighted by Crippen LogP contribution is -1.97. The number of unbranched alkanes of at least 4 members (excludes halogenated alkanes) is 6. The van der Waals surface area contributed by atoms with E-state index < -0.39 is 0 Å². The monoisotopic (exact) mass is 198 g/mol. The fourth-order valence-electron chi connectivity index (χ4n) is 1.37. The molecule has 2 N–H and O–H groups in total. The van der Waals surface area contributed by atoms with E-state index in [4.69, 9.17) is 5.73 Å². The summed E-state index contributed by atoms with van der Waals surface area (Å²) in [6.45, 7) is 4.09. The molecular weight excluding hydrogens is 172 g/mol. The van der Waals surface area contributed by atoms with E-state index in [1.165, 1.54) is 38.5 Å². The van der Waals surface area contributed by atoms with Crippen LogP contribution in [0, 0.1) is 0 Å². The summed E-state index contributed by atoms with van der Waals surface area (Å²) in [5, 5.41) is 0. The molecule has 0 fully saturated rings. The van der Waals surface area contributed by atoms with Crippen LogP contribution in [0.25, 0.3) is 0 Å². The zero-order valence-electron chi connectivity index (χ0n) is 9.67. The van der Waals surface area contributed by atoms with Gasteiger partial charge in [-0.3, -0.25) is 4.99 Å². The lowest BCUT2D eigenvalue weighted by molar-refractivity contribution is 0.673. The van der Waals surface area contributed by atoms with Crippen molar-refractivity contribution in [3.63, 3.8) is 0 Å². The largest absolute Gasteiger partial charge is 0.330 e. The highest BCUT2D eigenvalue weighted by atomic mass is 14.7. The molecule has 0 atom stereocenters. The number of aliphatic imine (C=N–C) groups is 1. The molecule has 14 heavy (non-hydrogen) atoms. The molecule has 2 heteroatoms. The molecule has 0 bridgehead atoms. The first-order chi connectivity index (χ1) is 6.91. The third kappa shape index (κ3) is 11.6. The topological polar surface area (TPSA) is 38.4 Å². The molecule has 0 radical (unpaired) electrons. The van der Waals surface area contributed by atoms with Crippen molar-refractivity contribution in [2.45, 2.75) is 58.3 Å². The van der Waals surface area contributed by atoms with Gasteiger partial charge in [0.15, 0.2) is 0 Å². The van der Waals surface area contributed by atoms with Crippen LogP contribution in [0.2, 0.25) is 0 Å². The van der Waals surface area contributed by atoms with Crippen molar-refractivity contribution in [3.8, 4) is 0 Å². The molecule has 0 rings (SSSR count). The minimum absolute atomic E-state index is 0.828. The molecule has 0 aromatic carbocycles. The van der Waals surface area contributed by atoms with Gasteiger partial charge < -0.3 is 5.73 Å². The average molecular weight is 198 g/mol. The maximum Gasteiger partial charge on any atom is 0.0385 e. The summed E-state index contributed by atoms with van der Waals surface area (Å²) in [5.74, 6) is 0. The van der Waals surface area contributed by atoms with Gasteiger partial charge in [0.2, 0.25) is 0 Å². The molecule has 0 spiro atoms. The predicted octanol–water partition coefficient (Wildman–Crippen LogP) is 3.16. The Morgan fingerprint density at radius 1 is 1.00 bits per heavy atom. The fraction of sp³-hybridized carbons (Fsp3) is 0.917. The summed E-state index contributed by atoms with van der Waals surface area (Å²) in [6.07, 6.45) is 12.1. The smallest absolute Gasteiger partial charge is 0.0385 e. The average Bonchev–Trinajstić information content (AvgIpc) is 2.21. The van der Waals surface area contributed by atoms with Crippen LogP contribution in [0.3, 0.4) is 0 Å². The van der Waals surface area contributed by atoms with Crippen molar-refractivity contribution in [1.82, 2.24) is 0 Å². The zero-order valence-corrected chi connectivity index (χ0v) is 9.67. The maximum absolute atomic E-state index is 5.40. The van der Waals surface area contributed by atoms with Gasteiger partial charge >= 0.3 is 0 Å². The molecule has 0 aliphatic heterocycles. The Balaban J connectivity index is 2.96. The summed E-state index contributed by atoms with van der Waals surface area (Å²) in [5.41, 5.74) is 5.40. The standard InChI is InChI=1S/C12H26N2/c1-2-3-4-8-11-14-12-9-6-5-7-10-13/h12H,2-11,13H2,1H3. The molecular formula is C12H26N2. The highest BCUT2D eigenvalue weighted by Gasteiger charge is 1.86. The van der Waals surface area contributed by atoms with Gasteiger partial charge in [0.1, 0.15) is 0 Å². The Hall–Kier alpha value is -0.370. The van der Waals surface area contributed by atoms with Gasteiger partial charge in [-0.25, -0.2) is 0 Å². The van der Waals surface area contributed by atoms with Gasteiger partial charge in [-0.05, 0) is 38.4 Å². The molecule has 0 aliphatic carbocycles. The summed E-state index contributed by atoms with van der Waals surface area (Å²) >= 11 is 0. The first-order valence-electron chi connectivity index (χ1n) is 6.10. The van der Waals surface area contributed by atoms with Gasteiger partial charge in [0.25, 0.3) is 0 Å². The lowest BCUT2D eigenvalue weighted by Gasteiger charge is -1.95. The predicted molar refractivity (Wildman–Crippen MR) is 65.0 cm³/mol. The van der Waals surface area contributed by atoms with Crippen molar-refractivity contribution in [2.24, 2.45) is 10.7 Å². The Morgan fingerprint density at radius 3 is 2.50 bits per heavy atom. The van der Waals surface area contributed by atoms with E-state index in [2.05, 4.69) is 18.1 Å². The first-order valence-corrected chi connectivity index (χ1v) is 6.10. The van der Waals surface area contributed by atoms with Gasteiger partial charge in [-0.2, -0.15) is 0 Å². The molecule has 2 nitrogen and oxygen atoms in total. The van der Waals surface area contributed by atoms with Crippen molar-refractivity contribution in [2.75, 3.05) is 13.1 Å². The van der Waals surface area contributed by atoms with Crippen molar-refractivity contribution in [1.29, 1.82) is 0 Å². The molecule has 0 aromatic heterocycles. The summed E-state index contributed by atoms with van der Waals surface area (Å²) in [7, 11) is 0. The molecule has 84 valence electrons. The highest BCUT2D eigenvalue weighted by Crippen LogP contribution is 1.99. The highest BCUT2D eigenvalue weighted by molar-refractivity contribution is 5.56. The van der Waals surface area contributed by atoms with E-state index in [0.717, 1.165) is 25.9 Å². The second-order valence-electron chi connectivity index (χ2n) is 3.79. The van der Waals surface area contributed by atoms with E-state index in [1.807, 2.05) is 0 Å². The maximum atomic E-state index is 5.40. The Bertz CT molecular complexity index is 107. The fourth-order valence-corrected chi connectivity index (χ4v) is 1.37. The van der Waals surface area contributed by atoms with Crippen LogP contribution in [0.4, 0.5) is 0 Å². The Morgan fingerprint density at radius 2 is 1.79 bits per heavy atom. The third-order valence-electron chi connectivity index (χ3n) is 2.31. The second-order valence-corrected chi connectivity index (χ2v) is 3.79. The summed E-state index contributed by atoms with van der Waals surface area (Å²) in [4.78, 5) is 4.38. The molecule has 0 heterocycles. The number of hydrogen-bond acceptors (Lipinski definition) is 2. The molecule has 0 saturated heterocycles. The Kier molecular flexibility index (Phi) is 12.3. The van der Waals surface area contributed by atoms with Crippen LogP contribution < -0.4 is 5.73 Å². The van der Waals surface area contributed by atoms with E-state index in [-0.39, 0.29) is 0 Å². The van der Waals surface area contributed by atoms with Crippen molar-refractivity contribution < 1.29 is 0 Å². The Labute approximate surface area is 89.0 Å². The van der Waals surface area contributed by atoms with E-state index in [1.54, 1.807) is 0 Å². The quantitative estimate of drug-likeness (QED) is 0.425. The van der Waals surface area contributed by atoms with Crippen LogP contribution in [0.5, 0.6) is 0 Å². The minimum Gasteiger partial charge on any atom is -0.330 e. The van der Waals surface area contributed by atoms with Gasteiger partial charge in [0.05, 0.1) is 0 Å². The van der Waals surface area contributed by atoms with Gasteiger partial charge in [-0.15, -0.1) is 0 Å². The van der Waals surface area contributed by atoms with E-state index in [0.29, 0.717) is 0 Å². The lowest BCUT2D eigenvalue weighted by atomic mass is 10.2. The van der Waals surface area contributed by atoms with Crippen LogP contribution >= 0.6 is 0 Å². The number of nitrogens with zero attached hydrogens (tertiary/aromatic N) is 1. The number of hydrogen-bond donors (Lipinski definition) is 1. The van der Waals surface area contributed by atoms with Gasteiger partial charge in [-0.1, -0.05) is 32.6 Å². The SMILES string of the molecule is CCCCCCN=CCCCCCN. The first kappa shape index (κ1) is 13.6. The summed E-state index contributed by atoms with van der Waals surface area (Å²) in [6, 6.07) is 0. The minimum atomic E-state index is 0.828. The molecule has 0 aliphatic rings. The van der Waals surface area contributed by atoms with E-state index in [9.17, 15) is 0 Å². The van der Waals surface area contributed by atoms with Crippen LogP contribution in [0.1, 0.15) is 58.3 Å². The molecule has 0 unspecified atom stereocenters. The van der Waals surface area contributed by atoms with Crippen LogP contribution in [-0.2, 0) is 0 Å². The van der Waals surface area contributed by atoms with E-state index >= 15 is 0 Å². The number of rotatable bonds is 10. The van der Waals surface area contributed by atoms with Crippen molar-refractivity contribution in [3.05, 3.63) is 0 Å². The molecule has 0 amide bonds. The second kappa shape index (κ2) is 12.6. The number of nitrogens with two attached hydrogens (primary N) is 1. The van der Waals surface area contributed by atoms with Crippen molar-refractivity contribution >= 4 is 6.21 Å². The normalized spacial score (nSPS) is 11.3. The molecule has 0 aromatic rings. The van der Waals surface area contributed by atoms with Gasteiger partial charge in [0, 0.05) is 6.54 Å². The summed E-state index contributed by atoms with van der Waals surface area (Å²) < 4.78 is 0. The molecule has 0 saturated carbocycles. The van der Waals surface area contributed by atoms with Crippen LogP contribution in [-0.4, -0.2) is 19.3 Å². The third-order valence-corrected chi connectivity index (χ3v) is 2.31. The zero-order chi connectivity index (χ0) is 10.5.